The molecule has 14 bridgehead atoms. The van der Waals surface area contributed by atoms with Crippen LogP contribution < -0.4 is 16.0 Å². The van der Waals surface area contributed by atoms with E-state index in [-0.39, 0.29) is 93.3 Å². The second kappa shape index (κ2) is 44.7. The van der Waals surface area contributed by atoms with Crippen molar-refractivity contribution in [2.45, 2.75) is 247 Å². The largest absolute Gasteiger partial charge is 0.394 e. The maximum atomic E-state index is 13.7. The Hall–Kier alpha value is -1.76. The van der Waals surface area contributed by atoms with Crippen LogP contribution in [0.4, 0.5) is 0 Å². The van der Waals surface area contributed by atoms with E-state index in [9.17, 15) is 116 Å². The van der Waals surface area contributed by atoms with Crippen LogP contribution in [0.5, 0.6) is 0 Å². The number of likely N-dealkylation sites (N-methyl/N-ethyl adjacent to an activating group) is 1. The fourth-order valence-corrected chi connectivity index (χ4v) is 15.9. The van der Waals surface area contributed by atoms with Gasteiger partial charge in [-0.2, -0.15) is 48.8 Å². The van der Waals surface area contributed by atoms with Gasteiger partial charge >= 0.3 is 0 Å². The normalized spacial score (nSPS) is 43.0. The first kappa shape index (κ1) is 92.7. The Labute approximate surface area is 644 Å². The molecule has 42 nitrogen and oxygen atoms in total. The molecule has 21 rings (SSSR count). The van der Waals surface area contributed by atoms with Gasteiger partial charge in [-0.3, -0.25) is 19.2 Å². The number of aliphatic hydroxyl groups excluding tert-OH is 19. The van der Waals surface area contributed by atoms with Crippen LogP contribution in [0.3, 0.4) is 0 Å². The first-order chi connectivity index (χ1) is 52.1. The van der Waals surface area contributed by atoms with E-state index in [1.807, 2.05) is 0 Å². The molecule has 632 valence electrons. The first-order valence-electron chi connectivity index (χ1n) is 35.6. The van der Waals surface area contributed by atoms with Crippen molar-refractivity contribution in [3.8, 4) is 0 Å². The lowest BCUT2D eigenvalue weighted by atomic mass is 9.95. The van der Waals surface area contributed by atoms with E-state index in [0.29, 0.717) is 5.75 Å². The SMILES string of the molecule is CNC(CSCC1O[C@@H]2O[C@@H]3C(CO)O[C@H](O[C@@H]4C(CO)O[C@H](O[C@@H]5C(CO)O[C@H](O[C@@H]6C(CSCC(CC(=O)CCOCCOCCC(C)=O)C(=O)NCCS)O[C@H](O[C@@H]7C(CO)O[C@H](O[C@@H]8C(CO)O[C@H](O[C@H]1C(O)[C@@H]2O)C(O)[C@H]8O)[C@@H](O)C7O)C(O)[C@H]6O)C(O)[C@H]5O)[C@@H](O)C4O)[C@@H](O)C3O)C(=O)NCCS. The summed E-state index contributed by atoms with van der Waals surface area (Å²) in [5.41, 5.74) is 0. The van der Waals surface area contributed by atoms with Gasteiger partial charge in [0, 0.05) is 66.9 Å². The van der Waals surface area contributed by atoms with Crippen LogP contribution >= 0.6 is 48.8 Å². The minimum atomic E-state index is -2.29. The lowest BCUT2D eigenvalue weighted by Crippen LogP contribution is -2.68. The summed E-state index contributed by atoms with van der Waals surface area (Å²) < 4.78 is 94.6. The lowest BCUT2D eigenvalue weighted by molar-refractivity contribution is -0.395. The Kier molecular flexibility index (Phi) is 38.0. The molecule has 0 aromatic carbocycles. The number of amides is 2. The number of rotatable bonds is 31. The maximum Gasteiger partial charge on any atom is 0.238 e. The Balaban J connectivity index is 1.09. The van der Waals surface area contributed by atoms with Crippen LogP contribution in [0.1, 0.15) is 26.2 Å². The molecule has 0 spiro atoms. The highest BCUT2D eigenvalue weighted by molar-refractivity contribution is 7.99. The summed E-state index contributed by atoms with van der Waals surface area (Å²) in [5.74, 6) is -2.89. The highest BCUT2D eigenvalue weighted by Gasteiger charge is 2.60. The molecule has 0 radical (unpaired) electrons. The number of hydrogen-bond donors (Lipinski definition) is 24. The molecule has 21 aliphatic rings. The number of carbonyl (C=O) groups is 4. The van der Waals surface area contributed by atoms with Gasteiger partial charge in [-0.05, 0) is 14.0 Å². The molecule has 0 aromatic heterocycles. The summed E-state index contributed by atoms with van der Waals surface area (Å²) in [6, 6.07) is -0.860. The summed E-state index contributed by atoms with van der Waals surface area (Å²) in [6.45, 7) is -3.37. The Morgan fingerprint density at radius 1 is 0.367 bits per heavy atom. The molecular formula is C63H107N3O39S4. The molecule has 0 aromatic rings. The quantitative estimate of drug-likeness (QED) is 0.0226. The standard InChI is InChI=1S/C63H107N3O39S4/c1-23(72)3-7-90-9-10-91-8-4-25(73)13-24(55(88)65-5-11-106)19-108-21-32-53-39(79)46(86)62(97-32)102-51-30(17-70)93-59(42(82)35(51)75)101-50-29(16-69)96-61(45(85)38(50)78)105-54-33(22-109-20-26(64-2)56(89)66-6-12-107)98-63(47(87)40(54)80)103-52-31(18-71)94-58(43(83)36(52)76)99-48-27(14-67)92-57(41(81)34(48)74)100-49-28(15-68)95-60(104-53)44(84)37(49)77/h24,26-54,57-64,67-71,74-87,106-107H,3-22H2,1-2H3,(H,65,88)(H,66,89)/t24?,26?,27?,28?,29?,30?,31?,32?,33?,34?,35?,36?,37-,38-,39-,40?,41+,42+,43+,44?,45?,46?,47+,48-,49-,50-,51-,52-,53-,54-,57-,58-,59-,60-,61-,62-,63-/m1/s1. The van der Waals surface area contributed by atoms with Crippen molar-refractivity contribution in [1.29, 1.82) is 0 Å². The van der Waals surface area contributed by atoms with Crippen molar-refractivity contribution >= 4 is 72.2 Å². The molecule has 0 aliphatic carbocycles. The highest BCUT2D eigenvalue weighted by atomic mass is 32.2. The van der Waals surface area contributed by atoms with Crippen LogP contribution in [0.25, 0.3) is 0 Å². The molecule has 109 heavy (non-hydrogen) atoms. The van der Waals surface area contributed by atoms with Gasteiger partial charge in [0.25, 0.3) is 0 Å². The van der Waals surface area contributed by atoms with Crippen molar-refractivity contribution in [3.63, 3.8) is 0 Å². The molecule has 0 saturated carbocycles. The minimum absolute atomic E-state index is 0.0103. The molecule has 22 N–H and O–H groups in total. The van der Waals surface area contributed by atoms with Gasteiger partial charge in [0.05, 0.1) is 83.6 Å². The van der Waals surface area contributed by atoms with Gasteiger partial charge in [0.15, 0.2) is 44.0 Å². The van der Waals surface area contributed by atoms with E-state index in [0.717, 1.165) is 23.5 Å². The Morgan fingerprint density at radius 3 is 0.908 bits per heavy atom. The van der Waals surface area contributed by atoms with E-state index in [1.54, 1.807) is 0 Å². The second-order valence-electron chi connectivity index (χ2n) is 27.1. The third kappa shape index (κ3) is 23.6. The van der Waals surface area contributed by atoms with Crippen molar-refractivity contribution < 1.29 is 192 Å². The van der Waals surface area contributed by atoms with Crippen LogP contribution in [-0.4, -0.2) is 456 Å². The summed E-state index contributed by atoms with van der Waals surface area (Å²) >= 11 is 10.2. The number of thioether (sulfide) groups is 2. The predicted molar refractivity (Wildman–Crippen MR) is 370 cm³/mol. The number of aliphatic hydroxyl groups is 19. The summed E-state index contributed by atoms with van der Waals surface area (Å²) in [7, 11) is 1.50. The average Bonchev–Trinajstić information content (AvgIpc) is 0.804. The number of thiol groups is 2. The van der Waals surface area contributed by atoms with E-state index in [2.05, 4.69) is 41.2 Å². The number of hydrogen-bond acceptors (Lipinski definition) is 44. The van der Waals surface area contributed by atoms with E-state index in [4.69, 9.17) is 75.8 Å². The minimum Gasteiger partial charge on any atom is -0.394 e. The van der Waals surface area contributed by atoms with E-state index >= 15 is 0 Å². The number of Topliss-reactive ketones (excluding diaryl/α,β-unsaturated/α-hetero) is 2. The molecule has 2 amide bonds. The second-order valence-corrected chi connectivity index (χ2v) is 30.1. The monoisotopic (exact) mass is 1660 g/mol. The number of carbonyl (C=O) groups excluding carboxylic acids is 4. The van der Waals surface area contributed by atoms with Gasteiger partial charge in [-0.25, -0.2) is 0 Å². The van der Waals surface area contributed by atoms with Crippen LogP contribution in [0, 0.1) is 5.92 Å². The molecular weight excluding hydrogens is 1550 g/mol. The first-order valence-corrected chi connectivity index (χ1v) is 39.2. The lowest BCUT2D eigenvalue weighted by Gasteiger charge is -2.50. The Morgan fingerprint density at radius 2 is 0.633 bits per heavy atom. The fourth-order valence-electron chi connectivity index (χ4n) is 13.3. The van der Waals surface area contributed by atoms with Crippen molar-refractivity contribution in [2.24, 2.45) is 5.92 Å². The summed E-state index contributed by atoms with van der Waals surface area (Å²) in [6.07, 6.45) is -72.0. The van der Waals surface area contributed by atoms with Gasteiger partial charge in [-0.15, -0.1) is 0 Å². The third-order valence-electron chi connectivity index (χ3n) is 19.4. The van der Waals surface area contributed by atoms with Crippen LogP contribution in [0.15, 0.2) is 0 Å². The molecule has 21 aliphatic heterocycles. The molecule has 21 fully saturated rings. The van der Waals surface area contributed by atoms with Crippen LogP contribution in [0.2, 0.25) is 0 Å². The zero-order valence-electron chi connectivity index (χ0n) is 59.4. The predicted octanol–water partition coefficient (Wildman–Crippen LogP) is -13.1. The third-order valence-corrected chi connectivity index (χ3v) is 22.2. The van der Waals surface area contributed by atoms with Crippen molar-refractivity contribution in [2.75, 3.05) is 114 Å². The van der Waals surface area contributed by atoms with Crippen molar-refractivity contribution in [3.05, 3.63) is 0 Å². The van der Waals surface area contributed by atoms with E-state index < -0.39 is 278 Å². The van der Waals surface area contributed by atoms with Gasteiger partial charge in [-0.1, -0.05) is 0 Å². The Bertz CT molecular complexity index is 2740. The van der Waals surface area contributed by atoms with Crippen molar-refractivity contribution in [1.82, 2.24) is 16.0 Å². The number of ether oxygens (including phenoxy) is 16. The molecule has 21 heterocycles. The smallest absolute Gasteiger partial charge is 0.238 e. The highest BCUT2D eigenvalue weighted by Crippen LogP contribution is 2.40. The zero-order valence-corrected chi connectivity index (χ0v) is 62.8. The zero-order chi connectivity index (χ0) is 79.7. The number of nitrogens with one attached hydrogen (secondary N) is 3. The molecule has 46 heteroatoms. The van der Waals surface area contributed by atoms with Gasteiger partial charge in [0.2, 0.25) is 11.8 Å². The summed E-state index contributed by atoms with van der Waals surface area (Å²) in [4.78, 5) is 51.3. The fraction of sp³-hybridized carbons (Fsp3) is 0.937. The summed E-state index contributed by atoms with van der Waals surface area (Å²) in [5, 5.41) is 227. The molecule has 21 saturated heterocycles. The van der Waals surface area contributed by atoms with Gasteiger partial charge < -0.3 is 189 Å². The topological polar surface area (TPSA) is 636 Å². The number of ketones is 2. The average molecular weight is 1660 g/mol. The maximum absolute atomic E-state index is 13.7. The van der Waals surface area contributed by atoms with E-state index in [1.165, 1.54) is 14.0 Å². The molecule has 37 atom stereocenters. The van der Waals surface area contributed by atoms with Gasteiger partial charge in [0.1, 0.15) is 170 Å². The van der Waals surface area contributed by atoms with Crippen LogP contribution in [-0.2, 0) is 95.0 Å². The molecule has 16 unspecified atom stereocenters.